The number of carbonyl (C=O) groups is 3. The molecule has 2 aliphatic rings. The number of nitrogens with zero attached hydrogens (tertiary/aromatic N) is 1. The van der Waals surface area contributed by atoms with Crippen LogP contribution in [0.3, 0.4) is 0 Å². The summed E-state index contributed by atoms with van der Waals surface area (Å²) in [5.74, 6) is -2.33. The van der Waals surface area contributed by atoms with Crippen LogP contribution in [0.2, 0.25) is 0 Å². The first kappa shape index (κ1) is 16.0. The van der Waals surface area contributed by atoms with Crippen molar-refractivity contribution < 1.29 is 34.1 Å². The fourth-order valence-electron chi connectivity index (χ4n) is 2.87. The van der Waals surface area contributed by atoms with E-state index < -0.39 is 42.7 Å². The molecule has 0 unspecified atom stereocenters. The molecule has 1 fully saturated rings. The van der Waals surface area contributed by atoms with Crippen LogP contribution in [0, 0.1) is 5.92 Å². The van der Waals surface area contributed by atoms with Gasteiger partial charge < -0.3 is 24.6 Å². The molecule has 0 bridgehead atoms. The lowest BCUT2D eigenvalue weighted by molar-refractivity contribution is -0.162. The summed E-state index contributed by atoms with van der Waals surface area (Å²) in [7, 11) is 0. The van der Waals surface area contributed by atoms with E-state index in [0.717, 1.165) is 4.90 Å². The number of ether oxygens (including phenoxy) is 2. The van der Waals surface area contributed by atoms with Crippen molar-refractivity contribution in [1.82, 2.24) is 4.90 Å². The smallest absolute Gasteiger partial charge is 0.477 e. The Morgan fingerprint density at radius 2 is 2.23 bits per heavy atom. The van der Waals surface area contributed by atoms with Crippen LogP contribution in [0.15, 0.2) is 23.9 Å². The van der Waals surface area contributed by atoms with E-state index in [2.05, 4.69) is 11.3 Å². The van der Waals surface area contributed by atoms with Gasteiger partial charge in [0.1, 0.15) is 18.4 Å². The zero-order chi connectivity index (χ0) is 16.4. The molecule has 2 rings (SSSR count). The van der Waals surface area contributed by atoms with Gasteiger partial charge >= 0.3 is 12.1 Å². The molecule has 2 N–H and O–H groups in total. The maximum Gasteiger partial charge on any atom is 0.508 e. The highest BCUT2D eigenvalue weighted by Gasteiger charge is 2.57. The van der Waals surface area contributed by atoms with Crippen LogP contribution in [0.4, 0.5) is 4.79 Å². The molecule has 0 aromatic rings. The second-order valence-corrected chi connectivity index (χ2v) is 5.09. The van der Waals surface area contributed by atoms with Crippen molar-refractivity contribution in [1.29, 1.82) is 0 Å². The van der Waals surface area contributed by atoms with Crippen molar-refractivity contribution in [2.24, 2.45) is 5.92 Å². The third-order valence-corrected chi connectivity index (χ3v) is 3.80. The summed E-state index contributed by atoms with van der Waals surface area (Å²) < 4.78 is 9.69. The average Bonchev–Trinajstić information content (AvgIpc) is 2.79. The Hall–Kier alpha value is -2.35. The molecule has 22 heavy (non-hydrogen) atoms. The molecule has 1 saturated heterocycles. The highest BCUT2D eigenvalue weighted by atomic mass is 16.7. The van der Waals surface area contributed by atoms with Crippen LogP contribution >= 0.6 is 0 Å². The number of carbonyl (C=O) groups excluding carboxylic acids is 2. The molecule has 0 aromatic heterocycles. The molecule has 0 spiro atoms. The van der Waals surface area contributed by atoms with Crippen LogP contribution in [0.1, 0.15) is 13.3 Å². The van der Waals surface area contributed by atoms with Crippen LogP contribution in [-0.2, 0) is 19.1 Å². The minimum absolute atomic E-state index is 0.000894. The number of aliphatic hydroxyl groups is 1. The van der Waals surface area contributed by atoms with Crippen molar-refractivity contribution in [2.45, 2.75) is 25.5 Å². The van der Waals surface area contributed by atoms with Gasteiger partial charge in [0, 0.05) is 0 Å². The van der Waals surface area contributed by atoms with E-state index in [-0.39, 0.29) is 18.7 Å². The van der Waals surface area contributed by atoms with Crippen molar-refractivity contribution in [2.75, 3.05) is 13.2 Å². The SMILES string of the molecule is C=CCOC(=O)O[C@H](C)[C@H]1C(=O)N2C(C(=O)O)=C(CO)C[C@H]12. The first-order valence-electron chi connectivity index (χ1n) is 6.75. The summed E-state index contributed by atoms with van der Waals surface area (Å²) in [4.78, 5) is 35.9. The third-order valence-electron chi connectivity index (χ3n) is 3.80. The summed E-state index contributed by atoms with van der Waals surface area (Å²) in [6.07, 6.45) is -0.0239. The van der Waals surface area contributed by atoms with Gasteiger partial charge in [0.25, 0.3) is 0 Å². The second-order valence-electron chi connectivity index (χ2n) is 5.09. The third kappa shape index (κ3) is 2.57. The lowest BCUT2D eigenvalue weighted by Gasteiger charge is -2.45. The lowest BCUT2D eigenvalue weighted by Crippen LogP contribution is -2.62. The maximum atomic E-state index is 12.2. The summed E-state index contributed by atoms with van der Waals surface area (Å²) in [6.45, 7) is 4.52. The molecule has 2 heterocycles. The molecular formula is C14H17NO7. The van der Waals surface area contributed by atoms with Crippen molar-refractivity contribution in [3.8, 4) is 0 Å². The number of rotatable bonds is 6. The van der Waals surface area contributed by atoms with Gasteiger partial charge in [-0.05, 0) is 18.9 Å². The van der Waals surface area contributed by atoms with Gasteiger partial charge in [0.15, 0.2) is 0 Å². The Labute approximate surface area is 126 Å². The Bertz CT molecular complexity index is 553. The minimum Gasteiger partial charge on any atom is -0.477 e. The zero-order valence-corrected chi connectivity index (χ0v) is 12.0. The van der Waals surface area contributed by atoms with E-state index in [1.165, 1.54) is 6.08 Å². The molecule has 2 aliphatic heterocycles. The molecule has 0 aromatic carbocycles. The van der Waals surface area contributed by atoms with E-state index in [0.29, 0.717) is 5.57 Å². The number of aliphatic hydroxyl groups excluding tert-OH is 1. The topological polar surface area (TPSA) is 113 Å². The molecule has 0 radical (unpaired) electrons. The molecule has 8 nitrogen and oxygen atoms in total. The van der Waals surface area contributed by atoms with Gasteiger partial charge in [-0.1, -0.05) is 12.7 Å². The van der Waals surface area contributed by atoms with Gasteiger partial charge in [-0.3, -0.25) is 4.79 Å². The number of fused-ring (bicyclic) bond motifs is 1. The molecule has 120 valence electrons. The number of amides is 1. The summed E-state index contributed by atoms with van der Waals surface area (Å²) in [5.41, 5.74) is 0.130. The fourth-order valence-corrected chi connectivity index (χ4v) is 2.87. The normalized spacial score (nSPS) is 24.5. The van der Waals surface area contributed by atoms with E-state index in [4.69, 9.17) is 9.84 Å². The van der Waals surface area contributed by atoms with Crippen molar-refractivity contribution in [3.63, 3.8) is 0 Å². The van der Waals surface area contributed by atoms with E-state index in [1.807, 2.05) is 0 Å². The molecule has 1 amide bonds. The fraction of sp³-hybridized carbons (Fsp3) is 0.500. The predicted octanol–water partition coefficient (Wildman–Crippen LogP) is 0.276. The minimum atomic E-state index is -1.25. The maximum absolute atomic E-state index is 12.2. The molecule has 0 aliphatic carbocycles. The van der Waals surface area contributed by atoms with Gasteiger partial charge in [0.2, 0.25) is 5.91 Å². The van der Waals surface area contributed by atoms with Crippen LogP contribution < -0.4 is 0 Å². The number of aliphatic carboxylic acids is 1. The van der Waals surface area contributed by atoms with Crippen LogP contribution in [0.25, 0.3) is 0 Å². The number of carboxylic acids is 1. The van der Waals surface area contributed by atoms with Gasteiger partial charge in [-0.25, -0.2) is 9.59 Å². The van der Waals surface area contributed by atoms with Crippen molar-refractivity contribution in [3.05, 3.63) is 23.9 Å². The van der Waals surface area contributed by atoms with E-state index in [1.54, 1.807) is 6.92 Å². The van der Waals surface area contributed by atoms with Gasteiger partial charge in [0.05, 0.1) is 18.6 Å². The highest BCUT2D eigenvalue weighted by molar-refractivity contribution is 5.99. The molecule has 0 saturated carbocycles. The number of carboxylic acid groups (broad SMARTS) is 1. The molecular weight excluding hydrogens is 294 g/mol. The quantitative estimate of drug-likeness (QED) is 0.411. The van der Waals surface area contributed by atoms with E-state index >= 15 is 0 Å². The van der Waals surface area contributed by atoms with Crippen molar-refractivity contribution >= 4 is 18.0 Å². The second kappa shape index (κ2) is 6.18. The van der Waals surface area contributed by atoms with Crippen LogP contribution in [0.5, 0.6) is 0 Å². The zero-order valence-electron chi connectivity index (χ0n) is 12.0. The average molecular weight is 311 g/mol. The van der Waals surface area contributed by atoms with Crippen LogP contribution in [-0.4, -0.2) is 58.5 Å². The Kier molecular flexibility index (Phi) is 4.51. The summed E-state index contributed by atoms with van der Waals surface area (Å²) >= 11 is 0. The Morgan fingerprint density at radius 3 is 2.77 bits per heavy atom. The predicted molar refractivity (Wildman–Crippen MR) is 72.6 cm³/mol. The monoisotopic (exact) mass is 311 g/mol. The first-order chi connectivity index (χ1) is 10.4. The Morgan fingerprint density at radius 1 is 1.55 bits per heavy atom. The van der Waals surface area contributed by atoms with Gasteiger partial charge in [-0.2, -0.15) is 0 Å². The summed E-state index contributed by atoms with van der Waals surface area (Å²) in [6, 6.07) is -0.414. The number of hydrogen-bond donors (Lipinski definition) is 2. The standard InChI is InChI=1S/C14H17NO7/c1-3-4-21-14(20)22-7(2)10-9-5-8(6-16)11(13(18)19)15(9)12(10)17/h3,7,9-10,16H,1,4-6H2,2H3,(H,18,19)/t7-,9-,10-/m1/s1. The molecule has 3 atom stereocenters. The van der Waals surface area contributed by atoms with Gasteiger partial charge in [-0.15, -0.1) is 0 Å². The highest BCUT2D eigenvalue weighted by Crippen LogP contribution is 2.44. The Balaban J connectivity index is 2.03. The lowest BCUT2D eigenvalue weighted by atomic mass is 9.83. The first-order valence-corrected chi connectivity index (χ1v) is 6.75. The number of β-lactam (4-membered cyclic amide) rings is 1. The number of hydrogen-bond acceptors (Lipinski definition) is 6. The largest absolute Gasteiger partial charge is 0.508 e. The van der Waals surface area contributed by atoms with E-state index in [9.17, 15) is 19.5 Å². The molecule has 8 heteroatoms. The summed E-state index contributed by atoms with van der Waals surface area (Å²) in [5, 5.41) is 18.4.